The van der Waals surface area contributed by atoms with Crippen LogP contribution in [0.4, 0.5) is 30.2 Å². The predicted molar refractivity (Wildman–Crippen MR) is 134 cm³/mol. The Bertz CT molecular complexity index is 1460. The molecule has 0 aliphatic carbocycles. The molecule has 1 fully saturated rings. The number of primary amides is 1. The Balaban J connectivity index is 0.000000482. The van der Waals surface area contributed by atoms with E-state index in [0.29, 0.717) is 23.4 Å². The quantitative estimate of drug-likeness (QED) is 0.0834. The second kappa shape index (κ2) is 11.4. The molecule has 0 bridgehead atoms. The van der Waals surface area contributed by atoms with E-state index in [-0.39, 0.29) is 24.3 Å². The summed E-state index contributed by atoms with van der Waals surface area (Å²) in [6, 6.07) is 11.7. The van der Waals surface area contributed by atoms with Crippen LogP contribution in [0, 0.1) is 5.92 Å². The first-order valence-corrected chi connectivity index (χ1v) is 13.5. The molecule has 3 atom stereocenters. The molecule has 0 aromatic heterocycles. The van der Waals surface area contributed by atoms with E-state index in [4.69, 9.17) is 18.7 Å². The van der Waals surface area contributed by atoms with Gasteiger partial charge in [-0.1, -0.05) is 38.0 Å². The number of ketones is 1. The molecule has 0 saturated carbocycles. The molecule has 15 heteroatoms. The van der Waals surface area contributed by atoms with Crippen LogP contribution in [0.3, 0.4) is 0 Å². The summed E-state index contributed by atoms with van der Waals surface area (Å²) in [7, 11) is -6.09. The van der Waals surface area contributed by atoms with Crippen LogP contribution in [0.5, 0.6) is 0 Å². The zero-order chi connectivity index (χ0) is 30.0. The Labute approximate surface area is 227 Å². The number of hydroxylamine groups is 2. The summed E-state index contributed by atoms with van der Waals surface area (Å²) >= 11 is 0. The van der Waals surface area contributed by atoms with Gasteiger partial charge in [0.1, 0.15) is 11.7 Å². The average Bonchev–Trinajstić information content (AvgIpc) is 3.10. The maximum absolute atomic E-state index is 13.0. The van der Waals surface area contributed by atoms with E-state index in [0.717, 1.165) is 18.4 Å². The molecule has 40 heavy (non-hydrogen) atoms. The van der Waals surface area contributed by atoms with Crippen molar-refractivity contribution in [2.24, 2.45) is 11.7 Å². The molecule has 2 aromatic rings. The van der Waals surface area contributed by atoms with E-state index in [1.807, 2.05) is 13.0 Å². The number of benzene rings is 2. The molecule has 3 unspecified atom stereocenters. The normalized spacial score (nSPS) is 21.9. The number of nitrogens with one attached hydrogen (secondary N) is 1. The zero-order valence-corrected chi connectivity index (χ0v) is 21.9. The lowest BCUT2D eigenvalue weighted by atomic mass is 9.85. The van der Waals surface area contributed by atoms with Crippen molar-refractivity contribution in [3.63, 3.8) is 0 Å². The maximum atomic E-state index is 13.0. The third-order valence-electron chi connectivity index (χ3n) is 6.60. The summed E-state index contributed by atoms with van der Waals surface area (Å²) in [5.41, 5.74) is 2.49. The highest BCUT2D eigenvalue weighted by Crippen LogP contribution is 2.44. The number of carbonyl (C=O) groups excluding carboxylic acids is 4. The van der Waals surface area contributed by atoms with E-state index in [1.54, 1.807) is 24.3 Å². The van der Waals surface area contributed by atoms with Crippen molar-refractivity contribution in [1.82, 2.24) is 4.65 Å². The zero-order valence-electron chi connectivity index (χ0n) is 21.1. The number of anilines is 2. The molecule has 0 radical (unpaired) electrons. The van der Waals surface area contributed by atoms with Crippen LogP contribution in [0.25, 0.3) is 0 Å². The fraction of sp³-hybridized carbons (Fsp3) is 0.360. The Morgan fingerprint density at radius 3 is 2.27 bits per heavy atom. The number of alkyl halides is 3. The number of hydrogen-bond acceptors (Lipinski definition) is 9. The number of fused-ring (bicyclic) bond motifs is 2. The fourth-order valence-corrected chi connectivity index (χ4v) is 4.58. The number of amides is 3. The van der Waals surface area contributed by atoms with E-state index in [9.17, 15) is 37.6 Å². The van der Waals surface area contributed by atoms with Gasteiger partial charge in [0.05, 0.1) is 12.3 Å². The number of nitrogens with two attached hydrogens (primary N) is 1. The highest BCUT2D eigenvalue weighted by molar-refractivity contribution is 7.86. The van der Waals surface area contributed by atoms with Crippen molar-refractivity contribution in [3.05, 3.63) is 53.6 Å². The van der Waals surface area contributed by atoms with Crippen LogP contribution in [0.15, 0.2) is 42.5 Å². The van der Waals surface area contributed by atoms with Gasteiger partial charge < -0.3 is 15.6 Å². The van der Waals surface area contributed by atoms with Crippen molar-refractivity contribution in [1.29, 1.82) is 0 Å². The Hall–Kier alpha value is -3.66. The van der Waals surface area contributed by atoms with Gasteiger partial charge in [-0.05, 0) is 34.3 Å². The molecule has 2 heterocycles. The molecule has 4 rings (SSSR count). The summed E-state index contributed by atoms with van der Waals surface area (Å²) in [6.45, 7) is 2.01. The summed E-state index contributed by atoms with van der Waals surface area (Å²) in [6.07, 6.45) is 2.33. The van der Waals surface area contributed by atoms with Crippen molar-refractivity contribution >= 4 is 50.7 Å². The van der Waals surface area contributed by atoms with Crippen LogP contribution in [0.1, 0.15) is 56.1 Å². The maximum Gasteiger partial charge on any atom is 0.485 e. The van der Waals surface area contributed by atoms with Crippen molar-refractivity contribution in [3.8, 4) is 0 Å². The van der Waals surface area contributed by atoms with Crippen LogP contribution >= 0.6 is 0 Å². The summed E-state index contributed by atoms with van der Waals surface area (Å²) in [4.78, 5) is 50.5. The molecule has 4 N–H and O–H groups in total. The molecule has 1 saturated heterocycles. The lowest BCUT2D eigenvalue weighted by molar-refractivity contribution is -0.169. The molecule has 2 aliphatic rings. The van der Waals surface area contributed by atoms with Gasteiger partial charge in [0.2, 0.25) is 5.91 Å². The first-order chi connectivity index (χ1) is 18.5. The monoisotopic (exact) mass is 585 g/mol. The molecular formula is C25H26F3N3O8S. The van der Waals surface area contributed by atoms with Crippen molar-refractivity contribution < 1.29 is 50.5 Å². The van der Waals surface area contributed by atoms with Crippen molar-refractivity contribution in [2.75, 3.05) is 5.32 Å². The van der Waals surface area contributed by atoms with Gasteiger partial charge in [0.25, 0.3) is 0 Å². The van der Waals surface area contributed by atoms with Gasteiger partial charge >= 0.3 is 17.3 Å². The number of rotatable bonds is 7. The highest BCUT2D eigenvalue weighted by Gasteiger charge is 2.60. The Kier molecular flexibility index (Phi) is 8.84. The number of quaternary nitrogens is 1. The second-order valence-electron chi connectivity index (χ2n) is 9.27. The highest BCUT2D eigenvalue weighted by atomic mass is 32.2. The molecule has 216 valence electrons. The molecule has 0 spiro atoms. The average molecular weight is 586 g/mol. The van der Waals surface area contributed by atoms with E-state index in [1.165, 1.54) is 12.1 Å². The number of Topliss-reactive ketones (excluding diaryl/α,β-unsaturated/α-hetero) is 1. The van der Waals surface area contributed by atoms with Crippen LogP contribution < -0.4 is 15.7 Å². The van der Waals surface area contributed by atoms with E-state index < -0.39 is 49.8 Å². The second-order valence-corrected chi connectivity index (χ2v) is 10.6. The Morgan fingerprint density at radius 1 is 1.10 bits per heavy atom. The summed E-state index contributed by atoms with van der Waals surface area (Å²) in [5, 5.41) is 14.3. The summed E-state index contributed by atoms with van der Waals surface area (Å²) in [5.74, 6) is -4.28. The van der Waals surface area contributed by atoms with Crippen LogP contribution in [0.2, 0.25) is 0 Å². The first kappa shape index (κ1) is 30.9. The number of para-hydroxylation sites is 1. The molecule has 2 aliphatic heterocycles. The standard InChI is InChI=1S/C24H25N3O5.CHF3O3S/c1-2-3-4-9-20(28)17-13-21(29)27(32,24(17)31)14-10-11-16-19(12-14)26-18-8-6-5-7-15(18)22(16)23(25)30;2-1(3,4)8(5,6)7/h5-8,10-12,17,22,26,32H,2-4,9,13H2,1H3,(H-,25,30);(H,5,6,7). The third kappa shape index (κ3) is 5.91. The molecule has 11 nitrogen and oxygen atoms in total. The van der Waals surface area contributed by atoms with Gasteiger partial charge in [-0.25, -0.2) is 18.0 Å². The SMILES string of the molecule is CCCCCC(=O)C1CC(=O)[N+](O)(c2ccc3c(c2)Nc2ccccc2C3C(N)=O)C1=O.O=S(=O)([O-])C(F)(F)F. The van der Waals surface area contributed by atoms with Gasteiger partial charge in [0.15, 0.2) is 15.8 Å². The molecular weight excluding hydrogens is 559 g/mol. The fourth-order valence-electron chi connectivity index (χ4n) is 4.58. The van der Waals surface area contributed by atoms with E-state index >= 15 is 0 Å². The van der Waals surface area contributed by atoms with Crippen LogP contribution in [-0.4, -0.2) is 47.2 Å². The third-order valence-corrected chi connectivity index (χ3v) is 7.17. The number of unbranched alkanes of at least 4 members (excludes halogenated alkanes) is 2. The Morgan fingerprint density at radius 2 is 1.70 bits per heavy atom. The molecule has 3 amide bonds. The van der Waals surface area contributed by atoms with Gasteiger partial charge in [0, 0.05) is 29.9 Å². The number of imide groups is 1. The minimum absolute atomic E-state index is 0.0257. The van der Waals surface area contributed by atoms with Gasteiger partial charge in [-0.15, -0.1) is 0 Å². The van der Waals surface area contributed by atoms with E-state index in [2.05, 4.69) is 5.32 Å². The van der Waals surface area contributed by atoms with Crippen LogP contribution in [-0.2, 0) is 29.3 Å². The lowest BCUT2D eigenvalue weighted by Crippen LogP contribution is -2.52. The van der Waals surface area contributed by atoms with Gasteiger partial charge in [-0.2, -0.15) is 18.4 Å². The van der Waals surface area contributed by atoms with Gasteiger partial charge in [-0.3, -0.25) is 9.59 Å². The first-order valence-electron chi connectivity index (χ1n) is 12.1. The predicted octanol–water partition coefficient (Wildman–Crippen LogP) is 3.33. The minimum atomic E-state index is -6.09. The largest absolute Gasteiger partial charge is 0.741 e. The van der Waals surface area contributed by atoms with Crippen molar-refractivity contribution in [2.45, 2.75) is 50.5 Å². The molecule has 2 aromatic carbocycles. The lowest BCUT2D eigenvalue weighted by Gasteiger charge is -2.28. The number of hydrogen-bond donors (Lipinski definition) is 3. The minimum Gasteiger partial charge on any atom is -0.741 e. The number of nitrogens with zero attached hydrogens (tertiary/aromatic N) is 1. The number of carbonyl (C=O) groups is 4. The topological polar surface area (TPSA) is 184 Å². The number of halogens is 3. The smallest absolute Gasteiger partial charge is 0.485 e. The summed E-state index contributed by atoms with van der Waals surface area (Å²) < 4.78 is 57.3.